The summed E-state index contributed by atoms with van der Waals surface area (Å²) >= 11 is 1.68. The molecule has 0 fully saturated rings. The van der Waals surface area contributed by atoms with E-state index in [4.69, 9.17) is 5.73 Å². The molecule has 0 radical (unpaired) electrons. The number of rotatable bonds is 3. The first-order chi connectivity index (χ1) is 8.56. The van der Waals surface area contributed by atoms with Crippen LogP contribution in [0.5, 0.6) is 0 Å². The number of hydrogen-bond acceptors (Lipinski definition) is 3. The average molecular weight is 258 g/mol. The van der Waals surface area contributed by atoms with Gasteiger partial charge in [0.2, 0.25) is 0 Å². The highest BCUT2D eigenvalue weighted by Crippen LogP contribution is 2.32. The van der Waals surface area contributed by atoms with Crippen LogP contribution in [0.1, 0.15) is 29.8 Å². The summed E-state index contributed by atoms with van der Waals surface area (Å²) in [6.07, 6.45) is 0. The lowest BCUT2D eigenvalue weighted by Gasteiger charge is -2.12. The predicted molar refractivity (Wildman–Crippen MR) is 76.9 cm³/mol. The molecule has 1 unspecified atom stereocenters. The van der Waals surface area contributed by atoms with E-state index in [2.05, 4.69) is 36.2 Å². The molecular weight excluding hydrogens is 240 g/mol. The number of nitrogens with zero attached hydrogens (tertiary/aromatic N) is 1. The molecule has 2 nitrogen and oxygen atoms in total. The minimum absolute atomic E-state index is 0.0413. The highest BCUT2D eigenvalue weighted by Gasteiger charge is 2.08. The predicted octanol–water partition coefficient (Wildman–Crippen LogP) is 3.87. The maximum Gasteiger partial charge on any atom is 0.101 e. The van der Waals surface area contributed by atoms with Crippen molar-refractivity contribution in [2.45, 2.75) is 36.7 Å². The molecule has 1 heterocycles. The van der Waals surface area contributed by atoms with Gasteiger partial charge in [-0.3, -0.25) is 0 Å². The van der Waals surface area contributed by atoms with E-state index in [0.29, 0.717) is 0 Å². The highest BCUT2D eigenvalue weighted by atomic mass is 32.2. The molecule has 1 atom stereocenters. The van der Waals surface area contributed by atoms with Gasteiger partial charge in [-0.15, -0.1) is 0 Å². The zero-order valence-corrected chi connectivity index (χ0v) is 11.8. The van der Waals surface area contributed by atoms with Crippen LogP contribution in [0.2, 0.25) is 0 Å². The van der Waals surface area contributed by atoms with E-state index < -0.39 is 0 Å². The van der Waals surface area contributed by atoms with Gasteiger partial charge >= 0.3 is 0 Å². The van der Waals surface area contributed by atoms with Crippen molar-refractivity contribution in [1.29, 1.82) is 0 Å². The van der Waals surface area contributed by atoms with Gasteiger partial charge in [-0.05, 0) is 50.1 Å². The second-order valence-corrected chi connectivity index (χ2v) is 5.61. The average Bonchev–Trinajstić information content (AvgIpc) is 2.27. The standard InChI is InChI=1S/C15H18N2S/c1-10-8-11(2)17-15(9-10)18-14-7-5-4-6-13(14)12(3)16/h4-9,12H,16H2,1-3H3. The van der Waals surface area contributed by atoms with E-state index >= 15 is 0 Å². The maximum atomic E-state index is 5.99. The van der Waals surface area contributed by atoms with Crippen LogP contribution in [0.4, 0.5) is 0 Å². The van der Waals surface area contributed by atoms with Gasteiger partial charge in [0, 0.05) is 16.6 Å². The summed E-state index contributed by atoms with van der Waals surface area (Å²) < 4.78 is 0. The van der Waals surface area contributed by atoms with Crippen molar-refractivity contribution in [3.05, 3.63) is 53.2 Å². The Morgan fingerprint density at radius 1 is 1.17 bits per heavy atom. The number of aryl methyl sites for hydroxylation is 2. The molecule has 94 valence electrons. The lowest BCUT2D eigenvalue weighted by atomic mass is 10.1. The number of benzene rings is 1. The monoisotopic (exact) mass is 258 g/mol. The summed E-state index contributed by atoms with van der Waals surface area (Å²) in [6, 6.07) is 12.5. The molecular formula is C15H18N2S. The van der Waals surface area contributed by atoms with E-state index in [1.54, 1.807) is 11.8 Å². The fraction of sp³-hybridized carbons (Fsp3) is 0.267. The largest absolute Gasteiger partial charge is 0.324 e. The number of pyridine rings is 1. The van der Waals surface area contributed by atoms with E-state index in [-0.39, 0.29) is 6.04 Å². The highest BCUT2D eigenvalue weighted by molar-refractivity contribution is 7.99. The molecule has 0 spiro atoms. The van der Waals surface area contributed by atoms with Crippen molar-refractivity contribution in [2.24, 2.45) is 5.73 Å². The molecule has 0 aliphatic carbocycles. The first-order valence-corrected chi connectivity index (χ1v) is 6.85. The van der Waals surface area contributed by atoms with Crippen LogP contribution in [0.25, 0.3) is 0 Å². The van der Waals surface area contributed by atoms with Crippen LogP contribution in [0, 0.1) is 13.8 Å². The Bertz CT molecular complexity index is 530. The van der Waals surface area contributed by atoms with Crippen molar-refractivity contribution in [3.63, 3.8) is 0 Å². The van der Waals surface area contributed by atoms with Crippen LogP contribution in [-0.4, -0.2) is 4.98 Å². The SMILES string of the molecule is Cc1cc(C)nc(Sc2ccccc2C(C)N)c1. The smallest absolute Gasteiger partial charge is 0.101 e. The van der Waals surface area contributed by atoms with Gasteiger partial charge in [0.1, 0.15) is 5.03 Å². The molecule has 0 saturated heterocycles. The third kappa shape index (κ3) is 3.12. The van der Waals surface area contributed by atoms with Crippen molar-refractivity contribution in [2.75, 3.05) is 0 Å². The first kappa shape index (κ1) is 13.1. The van der Waals surface area contributed by atoms with Crippen LogP contribution in [0.3, 0.4) is 0 Å². The normalized spacial score (nSPS) is 12.4. The van der Waals surface area contributed by atoms with Crippen LogP contribution < -0.4 is 5.73 Å². The number of aromatic nitrogens is 1. The Balaban J connectivity index is 2.34. The quantitative estimate of drug-likeness (QED) is 0.908. The third-order valence-electron chi connectivity index (χ3n) is 2.70. The van der Waals surface area contributed by atoms with E-state index in [9.17, 15) is 0 Å². The zero-order chi connectivity index (χ0) is 13.1. The number of hydrogen-bond donors (Lipinski definition) is 1. The van der Waals surface area contributed by atoms with E-state index in [0.717, 1.165) is 10.7 Å². The van der Waals surface area contributed by atoms with Crippen molar-refractivity contribution in [1.82, 2.24) is 4.98 Å². The molecule has 2 aromatic rings. The van der Waals surface area contributed by atoms with Crippen LogP contribution in [-0.2, 0) is 0 Å². The zero-order valence-electron chi connectivity index (χ0n) is 11.0. The topological polar surface area (TPSA) is 38.9 Å². The molecule has 1 aromatic carbocycles. The molecule has 2 N–H and O–H groups in total. The molecule has 1 aromatic heterocycles. The molecule has 0 aliphatic heterocycles. The summed E-state index contributed by atoms with van der Waals surface area (Å²) in [6.45, 7) is 6.12. The van der Waals surface area contributed by atoms with E-state index in [1.165, 1.54) is 16.0 Å². The van der Waals surface area contributed by atoms with Crippen LogP contribution in [0.15, 0.2) is 46.3 Å². The van der Waals surface area contributed by atoms with Gasteiger partial charge in [0.25, 0.3) is 0 Å². The summed E-state index contributed by atoms with van der Waals surface area (Å²) in [5, 5.41) is 1.03. The van der Waals surface area contributed by atoms with Gasteiger partial charge in [-0.2, -0.15) is 0 Å². The Kier molecular flexibility index (Phi) is 4.04. The maximum absolute atomic E-state index is 5.99. The Morgan fingerprint density at radius 2 is 1.89 bits per heavy atom. The summed E-state index contributed by atoms with van der Waals surface area (Å²) in [5.74, 6) is 0. The fourth-order valence-electron chi connectivity index (χ4n) is 1.92. The lowest BCUT2D eigenvalue weighted by molar-refractivity contribution is 0.797. The fourth-order valence-corrected chi connectivity index (χ4v) is 3.10. The number of nitrogens with two attached hydrogens (primary N) is 1. The van der Waals surface area contributed by atoms with Gasteiger partial charge < -0.3 is 5.73 Å². The minimum Gasteiger partial charge on any atom is -0.324 e. The second kappa shape index (κ2) is 5.55. The summed E-state index contributed by atoms with van der Waals surface area (Å²) in [7, 11) is 0. The summed E-state index contributed by atoms with van der Waals surface area (Å²) in [4.78, 5) is 5.74. The van der Waals surface area contributed by atoms with Crippen LogP contribution >= 0.6 is 11.8 Å². The third-order valence-corrected chi connectivity index (χ3v) is 3.71. The molecule has 0 saturated carbocycles. The van der Waals surface area contributed by atoms with E-state index in [1.807, 2.05) is 26.0 Å². The molecule has 0 amide bonds. The first-order valence-electron chi connectivity index (χ1n) is 6.04. The second-order valence-electron chi connectivity index (χ2n) is 4.55. The molecule has 0 bridgehead atoms. The van der Waals surface area contributed by atoms with Crippen molar-refractivity contribution >= 4 is 11.8 Å². The Hall–Kier alpha value is -1.32. The van der Waals surface area contributed by atoms with Crippen molar-refractivity contribution in [3.8, 4) is 0 Å². The molecule has 0 aliphatic rings. The van der Waals surface area contributed by atoms with Gasteiger partial charge in [0.15, 0.2) is 0 Å². The van der Waals surface area contributed by atoms with Gasteiger partial charge in [-0.1, -0.05) is 30.0 Å². The summed E-state index contributed by atoms with van der Waals surface area (Å²) in [5.41, 5.74) is 9.45. The minimum atomic E-state index is 0.0413. The Morgan fingerprint density at radius 3 is 2.56 bits per heavy atom. The molecule has 3 heteroatoms. The van der Waals surface area contributed by atoms with Crippen molar-refractivity contribution < 1.29 is 0 Å². The Labute approximate surface area is 113 Å². The lowest BCUT2D eigenvalue weighted by Crippen LogP contribution is -2.06. The molecule has 2 rings (SSSR count). The van der Waals surface area contributed by atoms with Gasteiger partial charge in [0.05, 0.1) is 0 Å². The van der Waals surface area contributed by atoms with Gasteiger partial charge in [-0.25, -0.2) is 4.98 Å². The molecule has 18 heavy (non-hydrogen) atoms.